The number of aryl methyl sites for hydroxylation is 1. The van der Waals surface area contributed by atoms with Crippen molar-refractivity contribution in [2.45, 2.75) is 31.1 Å². The van der Waals surface area contributed by atoms with E-state index in [1.165, 1.54) is 6.92 Å². The van der Waals surface area contributed by atoms with Gasteiger partial charge in [-0.2, -0.15) is 0 Å². The first-order valence-corrected chi connectivity index (χ1v) is 10.8. The maximum atomic E-state index is 12.7. The van der Waals surface area contributed by atoms with Gasteiger partial charge in [0.05, 0.1) is 23.4 Å². The fourth-order valence-electron chi connectivity index (χ4n) is 2.72. The van der Waals surface area contributed by atoms with Crippen LogP contribution in [0.4, 0.5) is 0 Å². The second-order valence-corrected chi connectivity index (χ2v) is 8.38. The summed E-state index contributed by atoms with van der Waals surface area (Å²) in [6.45, 7) is 3.49. The Bertz CT molecular complexity index is 1030. The predicted molar refractivity (Wildman–Crippen MR) is 115 cm³/mol. The second-order valence-electron chi connectivity index (χ2n) is 6.30. The minimum atomic E-state index is -0.419. The lowest BCUT2D eigenvalue weighted by Crippen LogP contribution is -2.08. The van der Waals surface area contributed by atoms with Crippen LogP contribution < -0.4 is 4.74 Å². The van der Waals surface area contributed by atoms with Gasteiger partial charge in [-0.3, -0.25) is 4.79 Å². The number of benzene rings is 2. The highest BCUT2D eigenvalue weighted by Crippen LogP contribution is 2.28. The molecule has 0 atom stereocenters. The van der Waals surface area contributed by atoms with Gasteiger partial charge in [0.2, 0.25) is 0 Å². The molecule has 0 unspecified atom stereocenters. The third kappa shape index (κ3) is 5.46. The number of esters is 1. The van der Waals surface area contributed by atoms with Gasteiger partial charge in [-0.05, 0) is 44.2 Å². The van der Waals surface area contributed by atoms with Crippen LogP contribution in [-0.4, -0.2) is 23.8 Å². The van der Waals surface area contributed by atoms with Gasteiger partial charge in [0, 0.05) is 27.2 Å². The van der Waals surface area contributed by atoms with Gasteiger partial charge in [0.1, 0.15) is 12.4 Å². The molecule has 0 fully saturated rings. The quantitative estimate of drug-likeness (QED) is 0.276. The van der Waals surface area contributed by atoms with Crippen LogP contribution in [0.15, 0.2) is 52.7 Å². The molecule has 0 aliphatic carbocycles. The third-order valence-electron chi connectivity index (χ3n) is 4.19. The first kappa shape index (κ1) is 21.1. The summed E-state index contributed by atoms with van der Waals surface area (Å²) >= 11 is 3.16. The van der Waals surface area contributed by atoms with Crippen molar-refractivity contribution in [2.24, 2.45) is 0 Å². The zero-order chi connectivity index (χ0) is 20.8. The Morgan fingerprint density at radius 3 is 2.66 bits per heavy atom. The van der Waals surface area contributed by atoms with Gasteiger partial charge in [-0.15, -0.1) is 23.1 Å². The molecule has 3 aromatic rings. The number of ketones is 1. The van der Waals surface area contributed by atoms with Gasteiger partial charge in [-0.1, -0.05) is 12.1 Å². The van der Waals surface area contributed by atoms with E-state index in [-0.39, 0.29) is 12.4 Å². The maximum Gasteiger partial charge on any atom is 0.339 e. The highest BCUT2D eigenvalue weighted by atomic mass is 32.2. The molecule has 1 aromatic heterocycles. The lowest BCUT2D eigenvalue weighted by atomic mass is 10.1. The number of Topliss-reactive ketones (excluding diaryl/α,β-unsaturated/α-hetero) is 1. The van der Waals surface area contributed by atoms with Crippen LogP contribution in [0.3, 0.4) is 0 Å². The number of methoxy groups -OCH3 is 1. The van der Waals surface area contributed by atoms with Crippen molar-refractivity contribution in [3.8, 4) is 5.75 Å². The summed E-state index contributed by atoms with van der Waals surface area (Å²) in [6, 6.07) is 12.4. The molecule has 5 nitrogen and oxygen atoms in total. The van der Waals surface area contributed by atoms with Crippen LogP contribution in [0.25, 0.3) is 0 Å². The maximum absolute atomic E-state index is 12.7. The van der Waals surface area contributed by atoms with Gasteiger partial charge in [0.25, 0.3) is 0 Å². The lowest BCUT2D eigenvalue weighted by Gasteiger charge is -2.12. The molecule has 0 radical (unpaired) electrons. The zero-order valence-electron chi connectivity index (χ0n) is 16.4. The number of carbonyl (C=O) groups excluding carboxylic acids is 2. The normalized spacial score (nSPS) is 10.6. The molecular weight excluding hydrogens is 406 g/mol. The Kier molecular flexibility index (Phi) is 7.06. The average molecular weight is 428 g/mol. The summed E-state index contributed by atoms with van der Waals surface area (Å²) in [6.07, 6.45) is 0. The number of nitrogens with zero attached hydrogens (tertiary/aromatic N) is 1. The topological polar surface area (TPSA) is 65.5 Å². The number of ether oxygens (including phenoxy) is 2. The Morgan fingerprint density at radius 2 is 1.97 bits per heavy atom. The van der Waals surface area contributed by atoms with Gasteiger partial charge in [-0.25, -0.2) is 9.78 Å². The fraction of sp³-hybridized carbons (Fsp3) is 0.227. The molecule has 2 aromatic carbocycles. The first-order valence-electron chi connectivity index (χ1n) is 8.95. The fourth-order valence-corrected chi connectivity index (χ4v) is 4.37. The Labute approximate surface area is 178 Å². The number of thiazole rings is 1. The van der Waals surface area contributed by atoms with Gasteiger partial charge in [0.15, 0.2) is 5.78 Å². The third-order valence-corrected chi connectivity index (χ3v) is 6.12. The van der Waals surface area contributed by atoms with Crippen molar-refractivity contribution in [1.82, 2.24) is 4.98 Å². The molecule has 29 heavy (non-hydrogen) atoms. The molecule has 0 N–H and O–H groups in total. The van der Waals surface area contributed by atoms with Crippen LogP contribution in [0, 0.1) is 6.92 Å². The Balaban J connectivity index is 1.71. The predicted octanol–water partition coefficient (Wildman–Crippen LogP) is 5.31. The van der Waals surface area contributed by atoms with E-state index in [9.17, 15) is 9.59 Å². The Morgan fingerprint density at radius 1 is 1.17 bits per heavy atom. The van der Waals surface area contributed by atoms with E-state index in [2.05, 4.69) is 4.98 Å². The summed E-state index contributed by atoms with van der Waals surface area (Å²) in [5.74, 6) is 0.782. The van der Waals surface area contributed by atoms with Crippen molar-refractivity contribution >= 4 is 34.9 Å². The molecule has 150 valence electrons. The molecule has 0 bridgehead atoms. The number of carbonyl (C=O) groups is 2. The average Bonchev–Trinajstić information content (AvgIpc) is 3.15. The van der Waals surface area contributed by atoms with E-state index in [1.807, 2.05) is 30.5 Å². The SMILES string of the molecule is COc1ccc(C(C)=O)cc1COC(=O)c1ccccc1SCc1csc(C)n1. The Hall–Kier alpha value is -2.64. The van der Waals surface area contributed by atoms with Crippen molar-refractivity contribution in [3.05, 3.63) is 75.2 Å². The summed E-state index contributed by atoms with van der Waals surface area (Å²) in [7, 11) is 1.54. The van der Waals surface area contributed by atoms with Crippen molar-refractivity contribution in [1.29, 1.82) is 0 Å². The van der Waals surface area contributed by atoms with Crippen LogP contribution in [0.2, 0.25) is 0 Å². The number of thioether (sulfide) groups is 1. The van der Waals surface area contributed by atoms with Crippen LogP contribution in [0.5, 0.6) is 5.75 Å². The number of hydrogen-bond acceptors (Lipinski definition) is 7. The van der Waals surface area contributed by atoms with Crippen LogP contribution >= 0.6 is 23.1 Å². The molecule has 0 aliphatic rings. The largest absolute Gasteiger partial charge is 0.496 e. The monoisotopic (exact) mass is 427 g/mol. The van der Waals surface area contributed by atoms with E-state index in [0.717, 1.165) is 15.6 Å². The molecule has 7 heteroatoms. The van der Waals surface area contributed by atoms with E-state index >= 15 is 0 Å². The molecule has 0 spiro atoms. The highest BCUT2D eigenvalue weighted by Gasteiger charge is 2.15. The molecule has 3 rings (SSSR count). The highest BCUT2D eigenvalue weighted by molar-refractivity contribution is 7.98. The molecular formula is C22H21NO4S2. The van der Waals surface area contributed by atoms with Crippen molar-refractivity contribution in [2.75, 3.05) is 7.11 Å². The molecule has 0 saturated heterocycles. The lowest BCUT2D eigenvalue weighted by molar-refractivity contribution is 0.0466. The van der Waals surface area contributed by atoms with Gasteiger partial charge < -0.3 is 9.47 Å². The van der Waals surface area contributed by atoms with Gasteiger partial charge >= 0.3 is 5.97 Å². The molecule has 0 saturated carbocycles. The summed E-state index contributed by atoms with van der Waals surface area (Å²) in [5.41, 5.74) is 2.69. The first-order chi connectivity index (χ1) is 14.0. The van der Waals surface area contributed by atoms with E-state index < -0.39 is 5.97 Å². The second kappa shape index (κ2) is 9.71. The molecule has 1 heterocycles. The standard InChI is InChI=1S/C22H21NO4S2/c1-14(24)16-8-9-20(26-3)17(10-16)11-27-22(25)19-6-4-5-7-21(19)29-13-18-12-28-15(2)23-18/h4-10,12H,11,13H2,1-3H3. The van der Waals surface area contributed by atoms with Crippen LogP contribution in [0.1, 0.15) is 43.9 Å². The minimum Gasteiger partial charge on any atom is -0.496 e. The number of rotatable bonds is 8. The summed E-state index contributed by atoms with van der Waals surface area (Å²) < 4.78 is 10.8. The summed E-state index contributed by atoms with van der Waals surface area (Å²) in [4.78, 5) is 29.7. The smallest absolute Gasteiger partial charge is 0.339 e. The van der Waals surface area contributed by atoms with Crippen molar-refractivity contribution < 1.29 is 19.1 Å². The number of hydrogen-bond donors (Lipinski definition) is 0. The van der Waals surface area contributed by atoms with E-state index in [1.54, 1.807) is 54.5 Å². The minimum absolute atomic E-state index is 0.0212. The zero-order valence-corrected chi connectivity index (χ0v) is 18.1. The molecule has 0 aliphatic heterocycles. The van der Waals surface area contributed by atoms with Crippen molar-refractivity contribution in [3.63, 3.8) is 0 Å². The van der Waals surface area contributed by atoms with E-state index in [4.69, 9.17) is 9.47 Å². The molecule has 0 amide bonds. The van der Waals surface area contributed by atoms with Crippen LogP contribution in [-0.2, 0) is 17.1 Å². The number of aromatic nitrogens is 1. The summed E-state index contributed by atoms with van der Waals surface area (Å²) in [5, 5.41) is 3.05. The van der Waals surface area contributed by atoms with E-state index in [0.29, 0.717) is 28.2 Å².